The van der Waals surface area contributed by atoms with Crippen molar-refractivity contribution in [3.8, 4) is 0 Å². The van der Waals surface area contributed by atoms with E-state index in [1.807, 2.05) is 4.90 Å². The summed E-state index contributed by atoms with van der Waals surface area (Å²) in [5.74, 6) is 0.0171. The number of fused-ring (bicyclic) bond motifs is 1. The van der Waals surface area contributed by atoms with Crippen LogP contribution in [-0.2, 0) is 14.6 Å². The lowest BCUT2D eigenvalue weighted by molar-refractivity contribution is -0.131. The van der Waals surface area contributed by atoms with Crippen LogP contribution < -0.4 is 4.90 Å². The first-order chi connectivity index (χ1) is 15.0. The zero-order chi connectivity index (χ0) is 21.8. The van der Waals surface area contributed by atoms with Crippen molar-refractivity contribution in [1.82, 2.24) is 9.88 Å². The molecule has 1 aliphatic rings. The summed E-state index contributed by atoms with van der Waals surface area (Å²) < 4.78 is 25.9. The molecule has 0 radical (unpaired) electrons. The molecule has 6 nitrogen and oxygen atoms in total. The van der Waals surface area contributed by atoms with Gasteiger partial charge >= 0.3 is 0 Å². The monoisotopic (exact) mass is 475 g/mol. The number of carbonyl (C=O) groups excluding carboxylic acids is 1. The summed E-state index contributed by atoms with van der Waals surface area (Å²) in [6.07, 6.45) is 2.65. The van der Waals surface area contributed by atoms with Crippen LogP contribution >= 0.6 is 23.1 Å². The highest BCUT2D eigenvalue weighted by atomic mass is 32.2. The normalized spacial score (nSPS) is 14.9. The fourth-order valence-electron chi connectivity index (χ4n) is 3.68. The molecule has 0 saturated carbocycles. The number of rotatable bonds is 7. The Balaban J connectivity index is 1.29. The van der Waals surface area contributed by atoms with E-state index in [-0.39, 0.29) is 18.1 Å². The Kier molecular flexibility index (Phi) is 6.83. The summed E-state index contributed by atoms with van der Waals surface area (Å²) in [5, 5.41) is 0.998. The Morgan fingerprint density at radius 2 is 1.81 bits per heavy atom. The molecule has 0 N–H and O–H groups in total. The van der Waals surface area contributed by atoms with E-state index >= 15 is 0 Å². The van der Waals surface area contributed by atoms with Gasteiger partial charge in [0.1, 0.15) is 0 Å². The number of hydrogen-bond acceptors (Lipinski definition) is 7. The Bertz CT molecular complexity index is 1150. The summed E-state index contributed by atoms with van der Waals surface area (Å²) >= 11 is 3.39. The summed E-state index contributed by atoms with van der Waals surface area (Å²) in [6, 6.07) is 14.7. The van der Waals surface area contributed by atoms with Gasteiger partial charge in [0.2, 0.25) is 5.91 Å². The molecule has 1 aliphatic heterocycles. The van der Waals surface area contributed by atoms with Crippen molar-refractivity contribution in [3.05, 3.63) is 48.5 Å². The molecule has 31 heavy (non-hydrogen) atoms. The van der Waals surface area contributed by atoms with Gasteiger partial charge in [0.15, 0.2) is 15.0 Å². The predicted molar refractivity (Wildman–Crippen MR) is 128 cm³/mol. The molecule has 3 aromatic rings. The standard InChI is InChI=1S/C22H25N3O3S3/c1-29-18-9-5-10-19-21(18)23-22(30-19)25-14-12-24(13-15-25)20(26)11-6-16-31(27,28)17-7-3-2-4-8-17/h2-5,7-10H,6,11-16H2,1H3. The SMILES string of the molecule is CSc1cccc2sc(N3CCN(C(=O)CCCS(=O)(=O)c4ccccc4)CC3)nc12. The van der Waals surface area contributed by atoms with Gasteiger partial charge in [0, 0.05) is 37.5 Å². The third-order valence-corrected chi connectivity index (χ3v) is 9.07. The van der Waals surface area contributed by atoms with Gasteiger partial charge in [-0.15, -0.1) is 11.8 Å². The van der Waals surface area contributed by atoms with Gasteiger partial charge < -0.3 is 9.80 Å². The van der Waals surface area contributed by atoms with Crippen LogP contribution in [0.15, 0.2) is 58.3 Å². The third kappa shape index (κ3) is 5.05. The van der Waals surface area contributed by atoms with Crippen LogP contribution in [0.1, 0.15) is 12.8 Å². The van der Waals surface area contributed by atoms with E-state index in [2.05, 4.69) is 29.4 Å². The number of piperazine rings is 1. The lowest BCUT2D eigenvalue weighted by Crippen LogP contribution is -2.48. The highest BCUT2D eigenvalue weighted by molar-refractivity contribution is 7.98. The second-order valence-electron chi connectivity index (χ2n) is 7.41. The number of anilines is 1. The van der Waals surface area contributed by atoms with Crippen molar-refractivity contribution in [3.63, 3.8) is 0 Å². The molecule has 0 atom stereocenters. The van der Waals surface area contributed by atoms with E-state index in [0.29, 0.717) is 24.4 Å². The average molecular weight is 476 g/mol. The van der Waals surface area contributed by atoms with Gasteiger partial charge in [0.05, 0.1) is 20.9 Å². The van der Waals surface area contributed by atoms with Crippen molar-refractivity contribution in [1.29, 1.82) is 0 Å². The summed E-state index contributed by atoms with van der Waals surface area (Å²) in [5.41, 5.74) is 1.05. The quantitative estimate of drug-likeness (QED) is 0.483. The number of amides is 1. The fourth-order valence-corrected chi connectivity index (χ4v) is 6.68. The van der Waals surface area contributed by atoms with E-state index in [1.165, 1.54) is 9.60 Å². The molecule has 0 spiro atoms. The highest BCUT2D eigenvalue weighted by Gasteiger charge is 2.24. The fraction of sp³-hybridized carbons (Fsp3) is 0.364. The number of sulfone groups is 1. The zero-order valence-corrected chi connectivity index (χ0v) is 19.8. The first-order valence-corrected chi connectivity index (χ1v) is 13.9. The summed E-state index contributed by atoms with van der Waals surface area (Å²) in [4.78, 5) is 23.0. The van der Waals surface area contributed by atoms with Crippen molar-refractivity contribution >= 4 is 54.2 Å². The largest absolute Gasteiger partial charge is 0.345 e. The maximum Gasteiger partial charge on any atom is 0.222 e. The van der Waals surface area contributed by atoms with E-state index in [9.17, 15) is 13.2 Å². The van der Waals surface area contributed by atoms with Crippen LogP contribution in [-0.4, -0.2) is 62.4 Å². The molecule has 9 heteroatoms. The van der Waals surface area contributed by atoms with Crippen LogP contribution in [0.2, 0.25) is 0 Å². The van der Waals surface area contributed by atoms with Crippen molar-refractivity contribution in [2.45, 2.75) is 22.6 Å². The predicted octanol–water partition coefficient (Wildman–Crippen LogP) is 3.92. The van der Waals surface area contributed by atoms with E-state index < -0.39 is 9.84 Å². The number of nitrogens with zero attached hydrogens (tertiary/aromatic N) is 3. The number of hydrogen-bond donors (Lipinski definition) is 0. The molecular weight excluding hydrogens is 450 g/mol. The molecule has 1 fully saturated rings. The first-order valence-electron chi connectivity index (χ1n) is 10.2. The Morgan fingerprint density at radius 3 is 2.52 bits per heavy atom. The molecule has 2 aromatic carbocycles. The molecule has 2 heterocycles. The Hall–Kier alpha value is -2.10. The maximum absolute atomic E-state index is 12.6. The molecule has 1 aromatic heterocycles. The number of carbonyl (C=O) groups is 1. The maximum atomic E-state index is 12.6. The molecule has 1 amide bonds. The lowest BCUT2D eigenvalue weighted by Gasteiger charge is -2.34. The Labute approximate surface area is 191 Å². The minimum atomic E-state index is -3.34. The van der Waals surface area contributed by atoms with Crippen molar-refractivity contribution in [2.24, 2.45) is 0 Å². The number of aromatic nitrogens is 1. The van der Waals surface area contributed by atoms with Gasteiger partial charge in [-0.05, 0) is 36.9 Å². The number of thioether (sulfide) groups is 1. The summed E-state index contributed by atoms with van der Waals surface area (Å²) in [6.45, 7) is 2.75. The first kappa shape index (κ1) is 22.1. The van der Waals surface area contributed by atoms with Crippen LogP contribution in [0.25, 0.3) is 10.2 Å². The number of benzene rings is 2. The molecule has 0 unspecified atom stereocenters. The smallest absolute Gasteiger partial charge is 0.222 e. The van der Waals surface area contributed by atoms with Crippen molar-refractivity contribution < 1.29 is 13.2 Å². The van der Waals surface area contributed by atoms with E-state index in [1.54, 1.807) is 53.4 Å². The van der Waals surface area contributed by atoms with Crippen LogP contribution in [0, 0.1) is 0 Å². The van der Waals surface area contributed by atoms with Gasteiger partial charge in [-0.3, -0.25) is 4.79 Å². The Morgan fingerprint density at radius 1 is 1.06 bits per heavy atom. The zero-order valence-electron chi connectivity index (χ0n) is 17.4. The average Bonchev–Trinajstić information content (AvgIpc) is 3.24. The number of thiazole rings is 1. The molecule has 4 rings (SSSR count). The molecule has 1 saturated heterocycles. The minimum absolute atomic E-state index is 0.00774. The third-order valence-electron chi connectivity index (χ3n) is 5.40. The minimum Gasteiger partial charge on any atom is -0.345 e. The second kappa shape index (κ2) is 9.58. The van der Waals surface area contributed by atoms with Gasteiger partial charge in [-0.1, -0.05) is 35.6 Å². The summed E-state index contributed by atoms with van der Waals surface area (Å²) in [7, 11) is -3.34. The molecular formula is C22H25N3O3S3. The van der Waals surface area contributed by atoms with E-state index in [4.69, 9.17) is 4.98 Å². The van der Waals surface area contributed by atoms with Gasteiger partial charge in [-0.25, -0.2) is 13.4 Å². The van der Waals surface area contributed by atoms with Crippen LogP contribution in [0.3, 0.4) is 0 Å². The van der Waals surface area contributed by atoms with Gasteiger partial charge in [0.25, 0.3) is 0 Å². The molecule has 0 bridgehead atoms. The highest BCUT2D eigenvalue weighted by Crippen LogP contribution is 2.34. The second-order valence-corrected chi connectivity index (χ2v) is 11.4. The van der Waals surface area contributed by atoms with Crippen molar-refractivity contribution in [2.75, 3.05) is 43.1 Å². The molecule has 0 aliphatic carbocycles. The van der Waals surface area contributed by atoms with E-state index in [0.717, 1.165) is 23.7 Å². The van der Waals surface area contributed by atoms with Crippen LogP contribution in [0.5, 0.6) is 0 Å². The number of para-hydroxylation sites is 1. The lowest BCUT2D eigenvalue weighted by atomic mass is 10.2. The molecule has 164 valence electrons. The topological polar surface area (TPSA) is 70.6 Å². The van der Waals surface area contributed by atoms with Gasteiger partial charge in [-0.2, -0.15) is 0 Å². The van der Waals surface area contributed by atoms with Crippen LogP contribution in [0.4, 0.5) is 5.13 Å².